The maximum atomic E-state index is 11.4. The van der Waals surface area contributed by atoms with Crippen LogP contribution in [-0.2, 0) is 5.41 Å². The lowest BCUT2D eigenvalue weighted by molar-refractivity contribution is 0.249. The van der Waals surface area contributed by atoms with Crippen LogP contribution in [0.2, 0.25) is 0 Å². The number of nitrogens with one attached hydrogen (secondary N) is 1. The van der Waals surface area contributed by atoms with Gasteiger partial charge in [0.1, 0.15) is 0 Å². The van der Waals surface area contributed by atoms with Gasteiger partial charge in [-0.05, 0) is 0 Å². The number of urea groups is 1. The first kappa shape index (κ1) is 12.0. The molecule has 0 unspecified atom stereocenters. The van der Waals surface area contributed by atoms with Crippen molar-refractivity contribution in [3.05, 3.63) is 11.1 Å². The molecule has 4 nitrogen and oxygen atoms in total. The molecule has 84 valence electrons. The highest BCUT2D eigenvalue weighted by Crippen LogP contribution is 2.27. The molecule has 0 saturated carbocycles. The van der Waals surface area contributed by atoms with Gasteiger partial charge in [0.05, 0.1) is 5.69 Å². The molecule has 1 heterocycles. The number of carbonyl (C=O) groups excluding carboxylic acids is 1. The summed E-state index contributed by atoms with van der Waals surface area (Å²) < 4.78 is 0. The normalized spacial score (nSPS) is 11.3. The van der Waals surface area contributed by atoms with E-state index in [9.17, 15) is 4.79 Å². The summed E-state index contributed by atoms with van der Waals surface area (Å²) in [6, 6.07) is -0.148. The molecule has 0 fully saturated rings. The molecule has 1 aromatic rings. The second kappa shape index (κ2) is 4.18. The number of hydrogen-bond acceptors (Lipinski definition) is 3. The fourth-order valence-electron chi connectivity index (χ4n) is 1.02. The van der Waals surface area contributed by atoms with E-state index in [1.165, 1.54) is 16.2 Å². The van der Waals surface area contributed by atoms with Crippen molar-refractivity contribution in [3.63, 3.8) is 0 Å². The van der Waals surface area contributed by atoms with Crippen molar-refractivity contribution >= 4 is 22.5 Å². The van der Waals surface area contributed by atoms with E-state index < -0.39 is 0 Å². The second-order valence-electron chi connectivity index (χ2n) is 4.38. The van der Waals surface area contributed by atoms with Gasteiger partial charge in [0.2, 0.25) is 0 Å². The number of hydrogen-bond donors (Lipinski definition) is 1. The zero-order chi connectivity index (χ0) is 11.6. The highest BCUT2D eigenvalue weighted by Gasteiger charge is 2.20. The Hall–Kier alpha value is -1.10. The van der Waals surface area contributed by atoms with Crippen molar-refractivity contribution in [2.75, 3.05) is 19.0 Å². The fraction of sp³-hybridized carbons (Fsp3) is 0.600. The SMILES string of the molecule is CNC(=O)N(C)c1nc(C(C)(C)C)cs1. The lowest BCUT2D eigenvalue weighted by Gasteiger charge is -2.15. The Labute approximate surface area is 94.3 Å². The van der Waals surface area contributed by atoms with Crippen molar-refractivity contribution in [1.82, 2.24) is 10.3 Å². The van der Waals surface area contributed by atoms with Gasteiger partial charge in [-0.2, -0.15) is 0 Å². The third-order valence-electron chi connectivity index (χ3n) is 2.07. The fourth-order valence-corrected chi connectivity index (χ4v) is 2.03. The summed E-state index contributed by atoms with van der Waals surface area (Å²) in [7, 11) is 3.32. The summed E-state index contributed by atoms with van der Waals surface area (Å²) >= 11 is 1.48. The number of thiazole rings is 1. The predicted octanol–water partition coefficient (Wildman–Crippen LogP) is 2.22. The smallest absolute Gasteiger partial charge is 0.323 e. The Balaban J connectivity index is 2.89. The monoisotopic (exact) mass is 227 g/mol. The maximum absolute atomic E-state index is 11.4. The Bertz CT molecular complexity index is 354. The molecule has 1 rings (SSSR count). The molecule has 0 saturated heterocycles. The Morgan fingerprint density at radius 1 is 1.53 bits per heavy atom. The van der Waals surface area contributed by atoms with E-state index in [2.05, 4.69) is 31.1 Å². The first-order valence-corrected chi connectivity index (χ1v) is 5.65. The van der Waals surface area contributed by atoms with Gasteiger partial charge in [0, 0.05) is 24.9 Å². The van der Waals surface area contributed by atoms with E-state index in [1.807, 2.05) is 5.38 Å². The first-order chi connectivity index (χ1) is 6.86. The van der Waals surface area contributed by atoms with E-state index in [0.29, 0.717) is 0 Å². The highest BCUT2D eigenvalue weighted by atomic mass is 32.1. The molecule has 0 aliphatic carbocycles. The van der Waals surface area contributed by atoms with Crippen molar-refractivity contribution in [3.8, 4) is 0 Å². The van der Waals surface area contributed by atoms with Crippen LogP contribution in [0, 0.1) is 0 Å². The predicted molar refractivity (Wildman–Crippen MR) is 63.7 cm³/mol. The minimum absolute atomic E-state index is 0.0261. The van der Waals surface area contributed by atoms with Crippen LogP contribution in [-0.4, -0.2) is 25.1 Å². The summed E-state index contributed by atoms with van der Waals surface area (Å²) in [5.41, 5.74) is 1.04. The van der Waals surface area contributed by atoms with Crippen LogP contribution in [0.25, 0.3) is 0 Å². The minimum Gasteiger partial charge on any atom is -0.341 e. The van der Waals surface area contributed by atoms with Gasteiger partial charge < -0.3 is 5.32 Å². The molecular formula is C10H17N3OS. The Morgan fingerprint density at radius 2 is 2.13 bits per heavy atom. The molecule has 0 radical (unpaired) electrons. The summed E-state index contributed by atoms with van der Waals surface area (Å²) in [6.45, 7) is 6.31. The molecule has 1 N–H and O–H groups in total. The van der Waals surface area contributed by atoms with E-state index in [4.69, 9.17) is 0 Å². The van der Waals surface area contributed by atoms with Gasteiger partial charge >= 0.3 is 6.03 Å². The van der Waals surface area contributed by atoms with Gasteiger partial charge in [0.15, 0.2) is 5.13 Å². The molecule has 15 heavy (non-hydrogen) atoms. The molecular weight excluding hydrogens is 210 g/mol. The highest BCUT2D eigenvalue weighted by molar-refractivity contribution is 7.14. The molecule has 0 atom stereocenters. The molecule has 0 spiro atoms. The van der Waals surface area contributed by atoms with Crippen LogP contribution in [0.5, 0.6) is 0 Å². The van der Waals surface area contributed by atoms with Crippen LogP contribution < -0.4 is 10.2 Å². The minimum atomic E-state index is -0.148. The average Bonchev–Trinajstić information content (AvgIpc) is 2.63. The standard InChI is InChI=1S/C10H17N3OS/c1-10(2,3)7-6-15-9(12-7)13(5)8(14)11-4/h6H,1-5H3,(H,11,14). The Kier molecular flexibility index (Phi) is 3.34. The molecule has 0 bridgehead atoms. The van der Waals surface area contributed by atoms with Gasteiger partial charge in [-0.3, -0.25) is 4.90 Å². The topological polar surface area (TPSA) is 45.2 Å². The second-order valence-corrected chi connectivity index (χ2v) is 5.22. The lowest BCUT2D eigenvalue weighted by Crippen LogP contribution is -2.34. The number of carbonyl (C=O) groups is 1. The third kappa shape index (κ3) is 2.68. The van der Waals surface area contributed by atoms with Gasteiger partial charge in [-0.25, -0.2) is 9.78 Å². The van der Waals surface area contributed by atoms with Crippen LogP contribution in [0.15, 0.2) is 5.38 Å². The summed E-state index contributed by atoms with van der Waals surface area (Å²) in [6.07, 6.45) is 0. The quantitative estimate of drug-likeness (QED) is 0.799. The third-order valence-corrected chi connectivity index (χ3v) is 2.98. The summed E-state index contributed by atoms with van der Waals surface area (Å²) in [5.74, 6) is 0. The van der Waals surface area contributed by atoms with Crippen LogP contribution in [0.4, 0.5) is 9.93 Å². The zero-order valence-electron chi connectivity index (χ0n) is 9.79. The number of rotatable bonds is 1. The largest absolute Gasteiger partial charge is 0.341 e. The zero-order valence-corrected chi connectivity index (χ0v) is 10.6. The molecule has 0 aliphatic heterocycles. The van der Waals surface area contributed by atoms with E-state index in [1.54, 1.807) is 14.1 Å². The van der Waals surface area contributed by atoms with Crippen LogP contribution in [0.1, 0.15) is 26.5 Å². The van der Waals surface area contributed by atoms with Gasteiger partial charge in [-0.15, -0.1) is 11.3 Å². The molecule has 1 aromatic heterocycles. The summed E-state index contributed by atoms with van der Waals surface area (Å²) in [4.78, 5) is 17.3. The lowest BCUT2D eigenvalue weighted by atomic mass is 9.93. The van der Waals surface area contributed by atoms with Crippen molar-refractivity contribution in [2.24, 2.45) is 0 Å². The first-order valence-electron chi connectivity index (χ1n) is 4.77. The number of aromatic nitrogens is 1. The summed E-state index contributed by atoms with van der Waals surface area (Å²) in [5, 5.41) is 5.28. The Morgan fingerprint density at radius 3 is 2.53 bits per heavy atom. The maximum Gasteiger partial charge on any atom is 0.323 e. The van der Waals surface area contributed by atoms with E-state index >= 15 is 0 Å². The molecule has 5 heteroatoms. The van der Waals surface area contributed by atoms with Crippen LogP contribution in [0.3, 0.4) is 0 Å². The van der Waals surface area contributed by atoms with Crippen molar-refractivity contribution < 1.29 is 4.79 Å². The van der Waals surface area contributed by atoms with E-state index in [-0.39, 0.29) is 11.4 Å². The number of amides is 2. The van der Waals surface area contributed by atoms with Gasteiger partial charge in [0.25, 0.3) is 0 Å². The molecule has 0 aromatic carbocycles. The average molecular weight is 227 g/mol. The van der Waals surface area contributed by atoms with Crippen LogP contribution >= 0.6 is 11.3 Å². The van der Waals surface area contributed by atoms with Crippen molar-refractivity contribution in [2.45, 2.75) is 26.2 Å². The number of nitrogens with zero attached hydrogens (tertiary/aromatic N) is 2. The number of anilines is 1. The molecule has 0 aliphatic rings. The van der Waals surface area contributed by atoms with Crippen molar-refractivity contribution in [1.29, 1.82) is 0 Å². The molecule has 2 amide bonds. The van der Waals surface area contributed by atoms with E-state index in [0.717, 1.165) is 10.8 Å². The van der Waals surface area contributed by atoms with Gasteiger partial charge in [-0.1, -0.05) is 20.8 Å².